The number of sulfonamides is 1. The molecule has 0 heterocycles. The van der Waals surface area contributed by atoms with E-state index >= 15 is 0 Å². The zero-order chi connectivity index (χ0) is 12.2. The zero-order valence-electron chi connectivity index (χ0n) is 8.38. The molecule has 1 rings (SSSR count). The number of thiol groups is 1. The number of benzene rings is 1. The van der Waals surface area contributed by atoms with Crippen LogP contribution in [-0.2, 0) is 10.0 Å². The summed E-state index contributed by atoms with van der Waals surface area (Å²) >= 11 is 4.09. The van der Waals surface area contributed by atoms with Gasteiger partial charge in [0.15, 0.2) is 0 Å². The molecule has 16 heavy (non-hydrogen) atoms. The van der Waals surface area contributed by atoms with Crippen LogP contribution in [0, 0.1) is 0 Å². The van der Waals surface area contributed by atoms with Gasteiger partial charge in [0.05, 0.1) is 5.75 Å². The van der Waals surface area contributed by atoms with E-state index in [2.05, 4.69) is 17.9 Å². The number of nitrogens with two attached hydrogens (primary N) is 1. The van der Waals surface area contributed by atoms with E-state index in [9.17, 15) is 13.2 Å². The average Bonchev–Trinajstić information content (AvgIpc) is 2.15. The standard InChI is InChI=1S/C9H12N2O3S2/c10-16(13,14)5-4-11-9(12)7-2-1-3-8(15)6-7/h1-3,6,15H,4-5H2,(H,11,12)(H2,10,13,14). The van der Waals surface area contributed by atoms with E-state index in [1.807, 2.05) is 0 Å². The molecule has 0 saturated heterocycles. The van der Waals surface area contributed by atoms with Crippen molar-refractivity contribution in [2.45, 2.75) is 4.90 Å². The van der Waals surface area contributed by atoms with Crippen molar-refractivity contribution in [1.82, 2.24) is 5.32 Å². The first-order valence-electron chi connectivity index (χ1n) is 4.46. The molecule has 1 aromatic carbocycles. The van der Waals surface area contributed by atoms with Crippen molar-refractivity contribution in [3.8, 4) is 0 Å². The molecule has 0 aromatic heterocycles. The monoisotopic (exact) mass is 260 g/mol. The molecule has 0 atom stereocenters. The van der Waals surface area contributed by atoms with Gasteiger partial charge in [0.25, 0.3) is 5.91 Å². The molecular formula is C9H12N2O3S2. The predicted molar refractivity (Wildman–Crippen MR) is 64.0 cm³/mol. The largest absolute Gasteiger partial charge is 0.351 e. The van der Waals surface area contributed by atoms with Crippen molar-refractivity contribution in [1.29, 1.82) is 0 Å². The van der Waals surface area contributed by atoms with E-state index < -0.39 is 10.0 Å². The Labute approximate surface area is 99.5 Å². The van der Waals surface area contributed by atoms with Crippen LogP contribution >= 0.6 is 12.6 Å². The van der Waals surface area contributed by atoms with E-state index in [4.69, 9.17) is 5.14 Å². The van der Waals surface area contributed by atoms with Gasteiger partial charge >= 0.3 is 0 Å². The number of nitrogens with one attached hydrogen (secondary N) is 1. The Hall–Kier alpha value is -1.05. The molecule has 1 amide bonds. The third kappa shape index (κ3) is 4.65. The van der Waals surface area contributed by atoms with E-state index in [1.165, 1.54) is 0 Å². The van der Waals surface area contributed by atoms with Crippen molar-refractivity contribution < 1.29 is 13.2 Å². The quantitative estimate of drug-likeness (QED) is 0.665. The van der Waals surface area contributed by atoms with Crippen LogP contribution in [0.5, 0.6) is 0 Å². The first-order valence-corrected chi connectivity index (χ1v) is 6.62. The Balaban J connectivity index is 2.54. The Morgan fingerprint density at radius 3 is 2.69 bits per heavy atom. The van der Waals surface area contributed by atoms with Crippen molar-refractivity contribution in [3.05, 3.63) is 29.8 Å². The third-order valence-electron chi connectivity index (χ3n) is 1.78. The summed E-state index contributed by atoms with van der Waals surface area (Å²) in [7, 11) is -3.54. The summed E-state index contributed by atoms with van der Waals surface area (Å²) in [5.74, 6) is -0.626. The lowest BCUT2D eigenvalue weighted by atomic mass is 10.2. The Morgan fingerprint density at radius 2 is 2.12 bits per heavy atom. The van der Waals surface area contributed by atoms with Gasteiger partial charge in [-0.2, -0.15) is 0 Å². The van der Waals surface area contributed by atoms with Gasteiger partial charge in [-0.15, -0.1) is 12.6 Å². The molecule has 0 aliphatic carbocycles. The summed E-state index contributed by atoms with van der Waals surface area (Å²) in [5.41, 5.74) is 0.432. The van der Waals surface area contributed by atoms with Crippen molar-refractivity contribution in [2.75, 3.05) is 12.3 Å². The number of carbonyl (C=O) groups is 1. The summed E-state index contributed by atoms with van der Waals surface area (Å²) < 4.78 is 21.2. The molecule has 0 saturated carbocycles. The van der Waals surface area contributed by atoms with Gasteiger partial charge in [0.2, 0.25) is 10.0 Å². The van der Waals surface area contributed by atoms with Gasteiger partial charge in [-0.25, -0.2) is 13.6 Å². The first-order chi connectivity index (χ1) is 7.38. The number of hydrogen-bond acceptors (Lipinski definition) is 4. The number of rotatable bonds is 4. The maximum Gasteiger partial charge on any atom is 0.251 e. The van der Waals surface area contributed by atoms with E-state index in [0.29, 0.717) is 10.5 Å². The van der Waals surface area contributed by atoms with Crippen LogP contribution < -0.4 is 10.5 Å². The van der Waals surface area contributed by atoms with E-state index in [-0.39, 0.29) is 18.2 Å². The summed E-state index contributed by atoms with van der Waals surface area (Å²) in [5, 5.41) is 7.24. The number of primary sulfonamides is 1. The van der Waals surface area contributed by atoms with Crippen LogP contribution in [0.2, 0.25) is 0 Å². The molecule has 5 nitrogen and oxygen atoms in total. The second-order valence-corrected chi connectivity index (χ2v) is 5.42. The molecule has 0 unspecified atom stereocenters. The number of amides is 1. The Bertz CT molecular complexity index is 485. The Kier molecular flexibility index (Phi) is 4.34. The lowest BCUT2D eigenvalue weighted by Gasteiger charge is -2.04. The highest BCUT2D eigenvalue weighted by Gasteiger charge is 2.07. The molecule has 0 aliphatic rings. The highest BCUT2D eigenvalue weighted by atomic mass is 32.2. The number of carbonyl (C=O) groups excluding carboxylic acids is 1. The first kappa shape index (κ1) is 13.0. The van der Waals surface area contributed by atoms with Crippen LogP contribution in [0.25, 0.3) is 0 Å². The van der Waals surface area contributed by atoms with Crippen LogP contribution in [0.3, 0.4) is 0 Å². The SMILES string of the molecule is NS(=O)(=O)CCNC(=O)c1cccc(S)c1. The Morgan fingerprint density at radius 1 is 1.44 bits per heavy atom. The van der Waals surface area contributed by atoms with E-state index in [1.54, 1.807) is 24.3 Å². The minimum absolute atomic E-state index is 0.00549. The maximum absolute atomic E-state index is 11.5. The maximum atomic E-state index is 11.5. The van der Waals surface area contributed by atoms with Crippen LogP contribution in [-0.4, -0.2) is 26.6 Å². The lowest BCUT2D eigenvalue weighted by molar-refractivity contribution is 0.0956. The van der Waals surface area contributed by atoms with Gasteiger partial charge in [0, 0.05) is 17.0 Å². The fourth-order valence-corrected chi connectivity index (χ4v) is 1.67. The van der Waals surface area contributed by atoms with Gasteiger partial charge in [0.1, 0.15) is 0 Å². The second kappa shape index (κ2) is 5.33. The van der Waals surface area contributed by atoms with Crippen LogP contribution in [0.15, 0.2) is 29.2 Å². The van der Waals surface area contributed by atoms with Gasteiger partial charge in [-0.3, -0.25) is 4.79 Å². The molecular weight excluding hydrogens is 248 g/mol. The highest BCUT2D eigenvalue weighted by molar-refractivity contribution is 7.89. The fraction of sp³-hybridized carbons (Fsp3) is 0.222. The highest BCUT2D eigenvalue weighted by Crippen LogP contribution is 2.08. The number of hydrogen-bond donors (Lipinski definition) is 3. The molecule has 0 aliphatic heterocycles. The average molecular weight is 260 g/mol. The predicted octanol–water partition coefficient (Wildman–Crippen LogP) is -0.00640. The molecule has 0 radical (unpaired) electrons. The minimum Gasteiger partial charge on any atom is -0.351 e. The molecule has 0 spiro atoms. The normalized spacial score (nSPS) is 11.1. The van der Waals surface area contributed by atoms with E-state index in [0.717, 1.165) is 0 Å². The lowest BCUT2D eigenvalue weighted by Crippen LogP contribution is -2.31. The van der Waals surface area contributed by atoms with Gasteiger partial charge < -0.3 is 5.32 Å². The van der Waals surface area contributed by atoms with Crippen molar-refractivity contribution in [2.24, 2.45) is 5.14 Å². The minimum atomic E-state index is -3.54. The van der Waals surface area contributed by atoms with Crippen molar-refractivity contribution in [3.63, 3.8) is 0 Å². The molecule has 0 bridgehead atoms. The molecule has 3 N–H and O–H groups in total. The third-order valence-corrected chi connectivity index (χ3v) is 2.83. The zero-order valence-corrected chi connectivity index (χ0v) is 10.1. The molecule has 7 heteroatoms. The van der Waals surface area contributed by atoms with Gasteiger partial charge in [-0.05, 0) is 18.2 Å². The smallest absolute Gasteiger partial charge is 0.251 e. The van der Waals surface area contributed by atoms with Crippen molar-refractivity contribution >= 4 is 28.6 Å². The summed E-state index contributed by atoms with van der Waals surface area (Å²) in [6.45, 7) is -0.00549. The summed E-state index contributed by atoms with van der Waals surface area (Å²) in [6.07, 6.45) is 0. The second-order valence-electron chi connectivity index (χ2n) is 3.17. The summed E-state index contributed by atoms with van der Waals surface area (Å²) in [4.78, 5) is 12.2. The fourth-order valence-electron chi connectivity index (χ4n) is 1.06. The molecule has 1 aromatic rings. The molecule has 88 valence electrons. The van der Waals surface area contributed by atoms with Crippen LogP contribution in [0.1, 0.15) is 10.4 Å². The van der Waals surface area contributed by atoms with Crippen LogP contribution in [0.4, 0.5) is 0 Å². The topological polar surface area (TPSA) is 89.3 Å². The molecule has 0 fully saturated rings. The summed E-state index contributed by atoms with van der Waals surface area (Å²) in [6, 6.07) is 6.64. The van der Waals surface area contributed by atoms with Gasteiger partial charge in [-0.1, -0.05) is 6.07 Å².